The Morgan fingerprint density at radius 2 is 1.04 bits per heavy atom. The molecule has 0 saturated carbocycles. The molecule has 2 aromatic carbocycles. The van der Waals surface area contributed by atoms with Gasteiger partial charge >= 0.3 is 70.5 Å². The van der Waals surface area contributed by atoms with Crippen molar-refractivity contribution in [2.24, 2.45) is 0 Å². The summed E-state index contributed by atoms with van der Waals surface area (Å²) in [6.07, 6.45) is 2.21. The van der Waals surface area contributed by atoms with E-state index in [2.05, 4.69) is 51.2 Å². The summed E-state index contributed by atoms with van der Waals surface area (Å²) in [5.41, 5.74) is -1.93. The van der Waals surface area contributed by atoms with Gasteiger partial charge in [0.25, 0.3) is 0 Å². The molecular weight excluding hydrogens is 698 g/mol. The third-order valence-corrected chi connectivity index (χ3v) is 7.41. The Labute approximate surface area is 316 Å². The summed E-state index contributed by atoms with van der Waals surface area (Å²) in [5, 5.41) is 28.3. The third kappa shape index (κ3) is 11.7. The summed E-state index contributed by atoms with van der Waals surface area (Å²) >= 11 is 0. The molecule has 0 atom stereocenters. The van der Waals surface area contributed by atoms with Gasteiger partial charge in [0.1, 0.15) is 20.2 Å². The van der Waals surface area contributed by atoms with Crippen LogP contribution in [0.3, 0.4) is 0 Å². The minimum absolute atomic E-state index is 0. The maximum Gasteiger partial charge on any atom is 1.00 e. The van der Waals surface area contributed by atoms with Gasteiger partial charge in [-0.3, -0.25) is 9.97 Å². The minimum atomic E-state index is -5.11. The summed E-state index contributed by atoms with van der Waals surface area (Å²) in [4.78, 5) is 41.9. The van der Waals surface area contributed by atoms with E-state index in [4.69, 9.17) is 10.2 Å². The molecule has 24 heteroatoms. The molecule has 4 aromatic rings. The van der Waals surface area contributed by atoms with Gasteiger partial charge in [-0.1, -0.05) is 24.3 Å². The van der Waals surface area contributed by atoms with Crippen molar-refractivity contribution in [3.63, 3.8) is 0 Å². The number of hydrogen-bond acceptors (Lipinski definition) is 18. The van der Waals surface area contributed by atoms with Gasteiger partial charge in [-0.15, -0.1) is 0 Å². The third-order valence-electron chi connectivity index (χ3n) is 5.62. The van der Waals surface area contributed by atoms with E-state index in [1.54, 1.807) is 0 Å². The van der Waals surface area contributed by atoms with Crippen molar-refractivity contribution >= 4 is 67.6 Å². The second kappa shape index (κ2) is 17.9. The van der Waals surface area contributed by atoms with Crippen molar-refractivity contribution in [2.75, 3.05) is 47.6 Å². The molecule has 8 N–H and O–H groups in total. The molecule has 20 nitrogen and oxygen atoms in total. The zero-order chi connectivity index (χ0) is 33.5. The molecule has 0 aliphatic carbocycles. The molecule has 2 aromatic heterocycles. The molecule has 0 aliphatic heterocycles. The molecule has 0 fully saturated rings. The predicted molar refractivity (Wildman–Crippen MR) is 161 cm³/mol. The van der Waals surface area contributed by atoms with Gasteiger partial charge in [-0.05, 0) is 35.4 Å². The zero-order valence-electron chi connectivity index (χ0n) is 25.2. The molecule has 0 aliphatic rings. The van der Waals surface area contributed by atoms with Gasteiger partial charge in [0.05, 0.1) is 23.0 Å². The number of rotatable bonds is 14. The van der Waals surface area contributed by atoms with E-state index < -0.39 is 41.4 Å². The summed E-state index contributed by atoms with van der Waals surface area (Å²) in [5.74, 6) is -0.597. The number of aromatic amines is 2. The van der Waals surface area contributed by atoms with E-state index in [-0.39, 0.29) is 132 Å². The summed E-state index contributed by atoms with van der Waals surface area (Å²) in [6, 6.07) is 6.99. The Morgan fingerprint density at radius 3 is 1.38 bits per heavy atom. The van der Waals surface area contributed by atoms with Crippen LogP contribution >= 0.6 is 0 Å². The summed E-state index contributed by atoms with van der Waals surface area (Å²) < 4.78 is 72.6. The normalized spacial score (nSPS) is 11.3. The van der Waals surface area contributed by atoms with Crippen LogP contribution in [0.25, 0.3) is 12.2 Å². The number of aliphatic hydroxyl groups excluding tert-OH is 2. The van der Waals surface area contributed by atoms with Crippen LogP contribution < -0.4 is 91.8 Å². The van der Waals surface area contributed by atoms with Crippen molar-refractivity contribution in [3.8, 4) is 0 Å². The van der Waals surface area contributed by atoms with Crippen LogP contribution in [0.5, 0.6) is 0 Å². The van der Waals surface area contributed by atoms with E-state index in [0.29, 0.717) is 0 Å². The van der Waals surface area contributed by atoms with Crippen molar-refractivity contribution in [1.82, 2.24) is 29.9 Å². The monoisotopic (exact) mass is 722 g/mol. The fourth-order valence-corrected chi connectivity index (χ4v) is 5.16. The van der Waals surface area contributed by atoms with E-state index in [9.17, 15) is 35.5 Å². The first-order chi connectivity index (χ1) is 21.7. The van der Waals surface area contributed by atoms with Crippen molar-refractivity contribution in [3.05, 3.63) is 68.5 Å². The Kier molecular flexibility index (Phi) is 15.3. The van der Waals surface area contributed by atoms with E-state index >= 15 is 0 Å². The number of nitrogens with zero attached hydrogens (tertiary/aromatic N) is 4. The van der Waals surface area contributed by atoms with Crippen LogP contribution in [-0.2, 0) is 20.2 Å². The van der Waals surface area contributed by atoms with Crippen LogP contribution in [-0.4, -0.2) is 92.4 Å². The van der Waals surface area contributed by atoms with Gasteiger partial charge < -0.3 is 40.6 Å². The number of anilines is 6. The first-order valence-corrected chi connectivity index (χ1v) is 15.6. The Balaban J connectivity index is 0.00000400. The van der Waals surface area contributed by atoms with Gasteiger partial charge in [0, 0.05) is 24.5 Å². The number of aromatic nitrogens is 6. The molecule has 2 heterocycles. The largest absolute Gasteiger partial charge is 1.00 e. The van der Waals surface area contributed by atoms with Gasteiger partial charge in [-0.2, -0.15) is 19.9 Å². The van der Waals surface area contributed by atoms with E-state index in [1.165, 1.54) is 24.3 Å². The molecule has 48 heavy (non-hydrogen) atoms. The number of aliphatic hydroxyl groups is 2. The molecular formula is C24H24N10Na2O10S2. The van der Waals surface area contributed by atoms with Crippen LogP contribution in [0.2, 0.25) is 0 Å². The summed E-state index contributed by atoms with van der Waals surface area (Å²) in [7, 11) is -10.2. The van der Waals surface area contributed by atoms with E-state index in [0.717, 1.165) is 24.3 Å². The molecule has 4 rings (SSSR count). The molecule has 0 spiro atoms. The van der Waals surface area contributed by atoms with Crippen molar-refractivity contribution in [1.29, 1.82) is 0 Å². The smallest absolute Gasteiger partial charge is 0.744 e. The second-order valence-electron chi connectivity index (χ2n) is 8.95. The molecule has 0 unspecified atom stereocenters. The fourth-order valence-electron chi connectivity index (χ4n) is 3.77. The van der Waals surface area contributed by atoms with Gasteiger partial charge in [-0.25, -0.2) is 26.4 Å². The first kappa shape index (κ1) is 40.9. The molecule has 0 saturated heterocycles. The van der Waals surface area contributed by atoms with Crippen LogP contribution in [0.1, 0.15) is 11.1 Å². The average molecular weight is 723 g/mol. The maximum atomic E-state index is 12.1. The minimum Gasteiger partial charge on any atom is -0.744 e. The van der Waals surface area contributed by atoms with Crippen LogP contribution in [0.15, 0.2) is 55.8 Å². The number of hydrogen-bond donors (Lipinski definition) is 8. The molecule has 0 bridgehead atoms. The quantitative estimate of drug-likeness (QED) is 0.0340. The Morgan fingerprint density at radius 1 is 0.667 bits per heavy atom. The van der Waals surface area contributed by atoms with E-state index in [1.807, 2.05) is 0 Å². The average Bonchev–Trinajstić information content (AvgIpc) is 2.97. The molecule has 0 radical (unpaired) electrons. The predicted octanol–water partition coefficient (Wildman–Crippen LogP) is -7.07. The summed E-state index contributed by atoms with van der Waals surface area (Å²) in [6.45, 7) is -0.438. The Bertz CT molecular complexity index is 1960. The number of H-pyrrole nitrogens is 2. The van der Waals surface area contributed by atoms with Crippen LogP contribution in [0.4, 0.5) is 35.2 Å². The molecule has 244 valence electrons. The molecule has 0 amide bonds. The standard InChI is InChI=1S/C24H26N10O10S2.2Na/c35-9-7-25-19-29-21(33-23(37)31-19)27-15-5-3-13(17(11-15)45(39,40)41)1-2-14-4-6-16(12-18(14)46(42,43)44)28-22-30-20(26-8-10-36)32-24(38)34-22;;/h1-6,11-12,35-36H,7-10H2,(H,39,40,41)(H,42,43,44)(H3,25,27,29,31,33,37)(H3,26,28,30,32,34,38);;/q;2*+1/p-2/b2-1+;;. The topological polar surface area (TPSA) is 320 Å². The SMILES string of the molecule is O=c1nc(NCCO)nc(Nc2ccc(/C=C/c3ccc(Nc4nc(NCCO)nc(=O)[nH]4)cc3S(=O)(=O)[O-])c(S(=O)(=O)[O-])c2)[nH]1.[Na+].[Na+]. The number of nitrogens with one attached hydrogen (secondary N) is 6. The Hall–Kier alpha value is -3.26. The maximum absolute atomic E-state index is 12.1. The van der Waals surface area contributed by atoms with Gasteiger partial charge in [0.15, 0.2) is 0 Å². The van der Waals surface area contributed by atoms with Crippen LogP contribution in [0, 0.1) is 0 Å². The fraction of sp³-hybridized carbons (Fsp3) is 0.167. The van der Waals surface area contributed by atoms with Crippen molar-refractivity contribution in [2.45, 2.75) is 9.79 Å². The van der Waals surface area contributed by atoms with Gasteiger partial charge in [0.2, 0.25) is 23.8 Å². The zero-order valence-corrected chi connectivity index (χ0v) is 30.8. The van der Waals surface area contributed by atoms with Crippen molar-refractivity contribution < 1.29 is 95.3 Å². The number of benzene rings is 2. The first-order valence-electron chi connectivity index (χ1n) is 12.8. The second-order valence-corrected chi connectivity index (χ2v) is 11.6.